The Bertz CT molecular complexity index is 420. The maximum Gasteiger partial charge on any atom is 0.238 e. The number of hydrogen-bond donors (Lipinski definition) is 0. The number of benzene rings is 1. The van der Waals surface area contributed by atoms with E-state index in [0.717, 1.165) is 17.9 Å². The highest BCUT2D eigenvalue weighted by molar-refractivity contribution is 8.11. The Labute approximate surface area is 93.3 Å². The Morgan fingerprint density at radius 1 is 1.40 bits per heavy atom. The highest BCUT2D eigenvalue weighted by Gasteiger charge is 2.19. The first-order valence-electron chi connectivity index (χ1n) is 5.09. The van der Waals surface area contributed by atoms with Gasteiger partial charge in [-0.1, -0.05) is 12.1 Å². The normalized spacial score (nSPS) is 24.6. The van der Waals surface area contributed by atoms with Crippen LogP contribution in [0.2, 0.25) is 0 Å². The fourth-order valence-corrected chi connectivity index (χ4v) is 2.04. The molecule has 0 unspecified atom stereocenters. The van der Waals surface area contributed by atoms with Crippen molar-refractivity contribution < 1.29 is 9.47 Å². The van der Waals surface area contributed by atoms with Gasteiger partial charge in [0.15, 0.2) is 11.5 Å². The first-order chi connectivity index (χ1) is 7.31. The van der Waals surface area contributed by atoms with E-state index >= 15 is 0 Å². The third-order valence-electron chi connectivity index (χ3n) is 2.47. The van der Waals surface area contributed by atoms with Crippen LogP contribution in [-0.4, -0.2) is 12.0 Å². The van der Waals surface area contributed by atoms with Crippen LogP contribution in [0, 0.1) is 0 Å². The lowest BCUT2D eigenvalue weighted by Crippen LogP contribution is -2.11. The number of fused-ring (bicyclic) bond motifs is 1. The summed E-state index contributed by atoms with van der Waals surface area (Å²) < 4.78 is 11.0. The van der Waals surface area contributed by atoms with Gasteiger partial charge in [-0.2, -0.15) is 0 Å². The first kappa shape index (κ1) is 9.16. The fraction of sp³-hybridized carbons (Fsp3) is 0.333. The van der Waals surface area contributed by atoms with Crippen LogP contribution in [0.4, 0.5) is 0 Å². The van der Waals surface area contributed by atoms with E-state index in [-0.39, 0.29) is 6.29 Å². The van der Waals surface area contributed by atoms with E-state index in [0.29, 0.717) is 0 Å². The van der Waals surface area contributed by atoms with E-state index in [1.54, 1.807) is 0 Å². The predicted molar refractivity (Wildman–Crippen MR) is 61.4 cm³/mol. The zero-order chi connectivity index (χ0) is 10.3. The lowest BCUT2D eigenvalue weighted by atomic mass is 10.1. The van der Waals surface area contributed by atoms with Gasteiger partial charge in [0.2, 0.25) is 6.29 Å². The van der Waals surface area contributed by atoms with Gasteiger partial charge in [-0.05, 0) is 29.0 Å². The number of rotatable bonds is 2. The zero-order valence-corrected chi connectivity index (χ0v) is 9.34. The minimum Gasteiger partial charge on any atom is -0.451 e. The van der Waals surface area contributed by atoms with Crippen molar-refractivity contribution >= 4 is 11.8 Å². The Balaban J connectivity index is 1.80. The summed E-state index contributed by atoms with van der Waals surface area (Å²) in [7, 11) is 0. The summed E-state index contributed by atoms with van der Waals surface area (Å²) in [6.07, 6.45) is 3.13. The van der Waals surface area contributed by atoms with Crippen molar-refractivity contribution in [2.45, 2.75) is 19.6 Å². The molecule has 1 atom stereocenters. The summed E-state index contributed by atoms with van der Waals surface area (Å²) >= 11 is 1.92. The van der Waals surface area contributed by atoms with E-state index in [1.165, 1.54) is 16.2 Å². The van der Waals surface area contributed by atoms with E-state index in [4.69, 9.17) is 9.47 Å². The maximum absolute atomic E-state index is 5.52. The molecule has 0 aromatic heterocycles. The molecule has 0 radical (unpaired) electrons. The maximum atomic E-state index is 5.52. The summed E-state index contributed by atoms with van der Waals surface area (Å²) in [5.74, 6) is 2.95. The molecule has 3 heteroatoms. The average molecular weight is 220 g/mol. The molecule has 1 fully saturated rings. The molecule has 0 bridgehead atoms. The van der Waals surface area contributed by atoms with Crippen LogP contribution in [0.15, 0.2) is 29.2 Å². The number of ether oxygens (including phenoxy) is 2. The van der Waals surface area contributed by atoms with E-state index < -0.39 is 0 Å². The molecule has 0 saturated carbocycles. The van der Waals surface area contributed by atoms with E-state index in [9.17, 15) is 0 Å². The van der Waals surface area contributed by atoms with Gasteiger partial charge in [-0.3, -0.25) is 0 Å². The molecule has 0 N–H and O–H groups in total. The minimum absolute atomic E-state index is 0.146. The molecular formula is C12H12O2S. The van der Waals surface area contributed by atoms with E-state index in [2.05, 4.69) is 18.2 Å². The third-order valence-corrected chi connectivity index (χ3v) is 3.26. The molecule has 0 spiro atoms. The summed E-state index contributed by atoms with van der Waals surface area (Å²) in [4.78, 5) is 1.50. The molecule has 78 valence electrons. The molecule has 3 rings (SSSR count). The minimum atomic E-state index is -0.146. The van der Waals surface area contributed by atoms with Gasteiger partial charge >= 0.3 is 0 Å². The van der Waals surface area contributed by atoms with Crippen molar-refractivity contribution in [1.82, 2.24) is 0 Å². The van der Waals surface area contributed by atoms with Crippen LogP contribution in [-0.2, 0) is 6.42 Å². The predicted octanol–water partition coefficient (Wildman–Crippen LogP) is 2.98. The van der Waals surface area contributed by atoms with Crippen molar-refractivity contribution in [3.8, 4) is 11.5 Å². The lowest BCUT2D eigenvalue weighted by molar-refractivity contribution is 0.0678. The number of allylic oxidation sites excluding steroid dienone is 1. The lowest BCUT2D eigenvalue weighted by Gasteiger charge is -2.00. The van der Waals surface area contributed by atoms with Crippen LogP contribution in [0.25, 0.3) is 0 Å². The van der Waals surface area contributed by atoms with Crippen molar-refractivity contribution in [2.75, 3.05) is 5.75 Å². The van der Waals surface area contributed by atoms with Crippen molar-refractivity contribution in [2.24, 2.45) is 0 Å². The zero-order valence-electron chi connectivity index (χ0n) is 8.53. The third kappa shape index (κ3) is 1.97. The Morgan fingerprint density at radius 3 is 3.00 bits per heavy atom. The molecule has 2 aliphatic rings. The van der Waals surface area contributed by atoms with E-state index in [1.807, 2.05) is 24.8 Å². The summed E-state index contributed by atoms with van der Waals surface area (Å²) in [5.41, 5.74) is 1.28. The van der Waals surface area contributed by atoms with Crippen LogP contribution in [0.5, 0.6) is 11.5 Å². The van der Waals surface area contributed by atoms with Gasteiger partial charge in [-0.25, -0.2) is 0 Å². The summed E-state index contributed by atoms with van der Waals surface area (Å²) in [5, 5.41) is 0. The second-order valence-corrected chi connectivity index (χ2v) is 4.85. The average Bonchev–Trinajstić information content (AvgIpc) is 2.96. The second-order valence-electron chi connectivity index (χ2n) is 3.75. The Hall–Kier alpha value is -1.09. The van der Waals surface area contributed by atoms with Gasteiger partial charge < -0.3 is 9.47 Å². The van der Waals surface area contributed by atoms with Gasteiger partial charge in [0.25, 0.3) is 0 Å². The number of hydrogen-bond acceptors (Lipinski definition) is 3. The van der Waals surface area contributed by atoms with Crippen LogP contribution >= 0.6 is 11.8 Å². The molecule has 1 aromatic rings. The van der Waals surface area contributed by atoms with Gasteiger partial charge in [-0.15, -0.1) is 11.8 Å². The Kier molecular flexibility index (Phi) is 2.13. The first-order valence-corrected chi connectivity index (χ1v) is 6.08. The SMILES string of the molecule is C[C@H]1Oc2ccc(C/C=C3\CS3)cc2O1. The quantitative estimate of drug-likeness (QED) is 0.714. The van der Waals surface area contributed by atoms with Crippen molar-refractivity contribution in [3.05, 3.63) is 34.7 Å². The summed E-state index contributed by atoms with van der Waals surface area (Å²) in [6, 6.07) is 6.17. The summed E-state index contributed by atoms with van der Waals surface area (Å²) in [6.45, 7) is 1.91. The van der Waals surface area contributed by atoms with Gasteiger partial charge in [0, 0.05) is 12.7 Å². The molecule has 15 heavy (non-hydrogen) atoms. The molecule has 2 heterocycles. The second kappa shape index (κ2) is 3.49. The smallest absolute Gasteiger partial charge is 0.238 e. The van der Waals surface area contributed by atoms with Gasteiger partial charge in [0.05, 0.1) is 0 Å². The van der Waals surface area contributed by atoms with Crippen LogP contribution in [0.1, 0.15) is 12.5 Å². The Morgan fingerprint density at radius 2 is 2.20 bits per heavy atom. The fourth-order valence-electron chi connectivity index (χ4n) is 1.64. The molecule has 0 aliphatic carbocycles. The molecule has 2 nitrogen and oxygen atoms in total. The van der Waals surface area contributed by atoms with Crippen molar-refractivity contribution in [3.63, 3.8) is 0 Å². The van der Waals surface area contributed by atoms with Crippen molar-refractivity contribution in [1.29, 1.82) is 0 Å². The largest absolute Gasteiger partial charge is 0.451 e. The van der Waals surface area contributed by atoms with Gasteiger partial charge in [0.1, 0.15) is 0 Å². The molecule has 2 aliphatic heterocycles. The molecule has 1 aromatic carbocycles. The monoisotopic (exact) mass is 220 g/mol. The number of thioether (sulfide) groups is 1. The standard InChI is InChI=1S/C12H12O2S/c1-8-13-11-5-3-9(6-12(11)14-8)2-4-10-7-15-10/h3-6,8H,2,7H2,1H3/b10-4+/t8-/m0/s1. The highest BCUT2D eigenvalue weighted by atomic mass is 32.2. The highest BCUT2D eigenvalue weighted by Crippen LogP contribution is 2.37. The topological polar surface area (TPSA) is 18.5 Å². The molecule has 0 amide bonds. The van der Waals surface area contributed by atoms with Crippen LogP contribution < -0.4 is 9.47 Å². The molecular weight excluding hydrogens is 208 g/mol. The van der Waals surface area contributed by atoms with Crippen LogP contribution in [0.3, 0.4) is 0 Å². The molecule has 1 saturated heterocycles.